The van der Waals surface area contributed by atoms with Crippen molar-refractivity contribution in [2.24, 2.45) is 0 Å². The summed E-state index contributed by atoms with van der Waals surface area (Å²) in [5, 5.41) is 12.4. The van der Waals surface area contributed by atoms with Crippen LogP contribution in [0.1, 0.15) is 25.7 Å². The van der Waals surface area contributed by atoms with Crippen LogP contribution in [-0.2, 0) is 4.79 Å². The van der Waals surface area contributed by atoms with E-state index in [1.165, 1.54) is 12.1 Å². The van der Waals surface area contributed by atoms with Crippen molar-refractivity contribution >= 4 is 17.7 Å². The number of carboxylic acids is 1. The van der Waals surface area contributed by atoms with Gasteiger partial charge in [0.05, 0.1) is 0 Å². The summed E-state index contributed by atoms with van der Waals surface area (Å²) in [6.45, 7) is 0. The van der Waals surface area contributed by atoms with Crippen molar-refractivity contribution in [1.82, 2.24) is 5.32 Å². The lowest BCUT2D eigenvalue weighted by Gasteiger charge is -2.40. The summed E-state index contributed by atoms with van der Waals surface area (Å²) in [7, 11) is 0. The molecule has 1 aromatic rings. The molecule has 3 rings (SSSR count). The highest BCUT2D eigenvalue weighted by Crippen LogP contribution is 2.44. The molecule has 4 nitrogen and oxygen atoms in total. The zero-order valence-electron chi connectivity index (χ0n) is 11.5. The van der Waals surface area contributed by atoms with Crippen LogP contribution in [0, 0.1) is 5.82 Å². The van der Waals surface area contributed by atoms with Gasteiger partial charge in [0.15, 0.2) is 0 Å². The van der Waals surface area contributed by atoms with Gasteiger partial charge < -0.3 is 9.84 Å². The van der Waals surface area contributed by atoms with Crippen LogP contribution in [0.15, 0.2) is 24.3 Å². The van der Waals surface area contributed by atoms with Gasteiger partial charge in [-0.3, -0.25) is 10.1 Å². The number of halogens is 1. The van der Waals surface area contributed by atoms with Gasteiger partial charge in [0.2, 0.25) is 0 Å². The van der Waals surface area contributed by atoms with E-state index in [4.69, 9.17) is 4.74 Å². The minimum absolute atomic E-state index is 0.0916. The van der Waals surface area contributed by atoms with Crippen molar-refractivity contribution in [2.45, 2.75) is 42.7 Å². The second-order valence-corrected chi connectivity index (χ2v) is 6.89. The third kappa shape index (κ3) is 3.01. The van der Waals surface area contributed by atoms with E-state index >= 15 is 0 Å². The second-order valence-electron chi connectivity index (χ2n) is 5.54. The van der Waals surface area contributed by atoms with Crippen molar-refractivity contribution in [2.75, 3.05) is 5.75 Å². The Morgan fingerprint density at radius 1 is 1.38 bits per heavy atom. The van der Waals surface area contributed by atoms with Gasteiger partial charge in [0, 0.05) is 5.75 Å². The highest BCUT2D eigenvalue weighted by atomic mass is 32.2. The van der Waals surface area contributed by atoms with E-state index in [1.807, 2.05) is 0 Å². The van der Waals surface area contributed by atoms with Gasteiger partial charge in [0.1, 0.15) is 28.6 Å². The molecule has 1 aliphatic carbocycles. The Kier molecular flexibility index (Phi) is 4.08. The molecule has 1 spiro atoms. The maximum atomic E-state index is 13.0. The number of hydrogen-bond acceptors (Lipinski definition) is 4. The van der Waals surface area contributed by atoms with Gasteiger partial charge in [-0.2, -0.15) is 0 Å². The molecule has 0 bridgehead atoms. The normalized spacial score (nSPS) is 32.2. The first-order chi connectivity index (χ1) is 10.1. The zero-order valence-corrected chi connectivity index (χ0v) is 12.4. The second kappa shape index (κ2) is 5.85. The fraction of sp³-hybridized carbons (Fsp3) is 0.533. The number of hydrogen-bond donors (Lipinski definition) is 2. The van der Waals surface area contributed by atoms with Crippen LogP contribution in [0.4, 0.5) is 4.39 Å². The molecule has 1 aromatic carbocycles. The Bertz CT molecular complexity index is 524. The molecule has 1 heterocycles. The summed E-state index contributed by atoms with van der Waals surface area (Å²) in [4.78, 5) is 10.8. The number of nitrogens with one attached hydrogen (secondary N) is 1. The minimum Gasteiger partial charge on any atom is -0.488 e. The van der Waals surface area contributed by atoms with Gasteiger partial charge >= 0.3 is 5.97 Å². The summed E-state index contributed by atoms with van der Waals surface area (Å²) in [6, 6.07) is 5.46. The number of carboxylic acid groups (broad SMARTS) is 1. The summed E-state index contributed by atoms with van der Waals surface area (Å²) in [5.74, 6) is 0.0767. The number of aliphatic carboxylic acids is 1. The molecular weight excluding hydrogens is 293 g/mol. The highest BCUT2D eigenvalue weighted by molar-refractivity contribution is 8.01. The lowest BCUT2D eigenvalue weighted by Crippen LogP contribution is -2.56. The average molecular weight is 311 g/mol. The smallest absolute Gasteiger partial charge is 0.321 e. The molecule has 3 unspecified atom stereocenters. The van der Waals surface area contributed by atoms with E-state index in [9.17, 15) is 14.3 Å². The highest BCUT2D eigenvalue weighted by Gasteiger charge is 2.49. The molecule has 114 valence electrons. The van der Waals surface area contributed by atoms with E-state index in [2.05, 4.69) is 5.32 Å². The Morgan fingerprint density at radius 2 is 2.14 bits per heavy atom. The quantitative estimate of drug-likeness (QED) is 0.898. The van der Waals surface area contributed by atoms with Crippen LogP contribution < -0.4 is 10.1 Å². The van der Waals surface area contributed by atoms with Gasteiger partial charge in [-0.25, -0.2) is 4.39 Å². The van der Waals surface area contributed by atoms with Gasteiger partial charge in [0.25, 0.3) is 0 Å². The van der Waals surface area contributed by atoms with Gasteiger partial charge in [-0.1, -0.05) is 6.42 Å². The molecule has 0 radical (unpaired) electrons. The molecule has 0 aromatic heterocycles. The number of benzene rings is 1. The Hall–Kier alpha value is -1.27. The topological polar surface area (TPSA) is 58.6 Å². The third-order valence-corrected chi connectivity index (χ3v) is 5.70. The van der Waals surface area contributed by atoms with Gasteiger partial charge in [-0.15, -0.1) is 11.8 Å². The van der Waals surface area contributed by atoms with E-state index in [0.717, 1.165) is 25.7 Å². The molecule has 6 heteroatoms. The molecular formula is C15H18FNO3S. The number of thioether (sulfide) groups is 1. The predicted octanol–water partition coefficient (Wildman–Crippen LogP) is 2.63. The van der Waals surface area contributed by atoms with E-state index in [-0.39, 0.29) is 16.8 Å². The maximum Gasteiger partial charge on any atom is 0.321 e. The predicted molar refractivity (Wildman–Crippen MR) is 79.0 cm³/mol. The van der Waals surface area contributed by atoms with E-state index < -0.39 is 12.0 Å². The first kappa shape index (κ1) is 14.7. The Labute approximate surface area is 127 Å². The maximum absolute atomic E-state index is 13.0. The number of carbonyl (C=O) groups is 1. The fourth-order valence-electron chi connectivity index (χ4n) is 3.02. The van der Waals surface area contributed by atoms with Gasteiger partial charge in [-0.05, 0) is 43.5 Å². The number of rotatable bonds is 3. The van der Waals surface area contributed by atoms with E-state index in [0.29, 0.717) is 11.5 Å². The van der Waals surface area contributed by atoms with Crippen molar-refractivity contribution in [3.8, 4) is 5.75 Å². The molecule has 1 saturated heterocycles. The SMILES string of the molecule is O=C(O)C1CSC2(CCCCC2Oc2ccc(F)cc2)N1. The van der Waals surface area contributed by atoms with Crippen LogP contribution in [-0.4, -0.2) is 33.8 Å². The molecule has 3 atom stereocenters. The molecule has 1 aliphatic heterocycles. The minimum atomic E-state index is -0.814. The van der Waals surface area contributed by atoms with Crippen LogP contribution in [0.2, 0.25) is 0 Å². The van der Waals surface area contributed by atoms with Crippen LogP contribution in [0.5, 0.6) is 5.75 Å². The molecule has 0 amide bonds. The summed E-state index contributed by atoms with van der Waals surface area (Å²) in [6.07, 6.45) is 3.81. The number of ether oxygens (including phenoxy) is 1. The zero-order chi connectivity index (χ0) is 14.9. The molecule has 21 heavy (non-hydrogen) atoms. The summed E-state index contributed by atoms with van der Waals surface area (Å²) < 4.78 is 19.0. The van der Waals surface area contributed by atoms with Crippen LogP contribution in [0.3, 0.4) is 0 Å². The molecule has 1 saturated carbocycles. The fourth-order valence-corrected chi connectivity index (χ4v) is 4.57. The molecule has 2 aliphatic rings. The van der Waals surface area contributed by atoms with Crippen molar-refractivity contribution < 1.29 is 19.0 Å². The van der Waals surface area contributed by atoms with Crippen molar-refractivity contribution in [1.29, 1.82) is 0 Å². The van der Waals surface area contributed by atoms with Crippen LogP contribution in [0.25, 0.3) is 0 Å². The third-order valence-electron chi connectivity index (χ3n) is 4.10. The van der Waals surface area contributed by atoms with Crippen molar-refractivity contribution in [3.05, 3.63) is 30.1 Å². The summed E-state index contributed by atoms with van der Waals surface area (Å²) in [5.41, 5.74) is 0. The van der Waals surface area contributed by atoms with E-state index in [1.54, 1.807) is 23.9 Å². The first-order valence-corrected chi connectivity index (χ1v) is 8.14. The lowest BCUT2D eigenvalue weighted by molar-refractivity contribution is -0.139. The average Bonchev–Trinajstić information content (AvgIpc) is 2.89. The van der Waals surface area contributed by atoms with Crippen molar-refractivity contribution in [3.63, 3.8) is 0 Å². The van der Waals surface area contributed by atoms with Crippen LogP contribution >= 0.6 is 11.8 Å². The Morgan fingerprint density at radius 3 is 2.81 bits per heavy atom. The molecule has 2 fully saturated rings. The lowest BCUT2D eigenvalue weighted by atomic mass is 9.91. The Balaban J connectivity index is 1.76. The standard InChI is InChI=1S/C15H18FNO3S/c16-10-4-6-11(7-5-10)20-13-3-1-2-8-15(13)17-12(9-21-15)14(18)19/h4-7,12-13,17H,1-3,8-9H2,(H,18,19). The molecule has 2 N–H and O–H groups in total. The monoisotopic (exact) mass is 311 g/mol. The summed E-state index contributed by atoms with van der Waals surface area (Å²) >= 11 is 1.64. The largest absolute Gasteiger partial charge is 0.488 e. The first-order valence-electron chi connectivity index (χ1n) is 7.16.